The number of carbonyl (C=O) groups excluding carboxylic acids is 2. The summed E-state index contributed by atoms with van der Waals surface area (Å²) in [4.78, 5) is 23.0. The molecule has 2 fully saturated rings. The monoisotopic (exact) mass is 308 g/mol. The van der Waals surface area contributed by atoms with Gasteiger partial charge in [0.05, 0.1) is 13.2 Å². The minimum atomic E-state index is -1.95. The first kappa shape index (κ1) is 14.9. The van der Waals surface area contributed by atoms with Crippen molar-refractivity contribution in [2.24, 2.45) is 0 Å². The van der Waals surface area contributed by atoms with E-state index in [0.29, 0.717) is 6.61 Å². The van der Waals surface area contributed by atoms with E-state index in [2.05, 4.69) is 5.32 Å². The minimum Gasteiger partial charge on any atom is -0.387 e. The van der Waals surface area contributed by atoms with Gasteiger partial charge in [-0.1, -0.05) is 30.3 Å². The average Bonchev–Trinajstić information content (AvgIpc) is 2.92. The first-order valence-electron chi connectivity index (χ1n) is 6.82. The number of urea groups is 1. The Morgan fingerprint density at radius 1 is 1.23 bits per heavy atom. The summed E-state index contributed by atoms with van der Waals surface area (Å²) in [7, 11) is 0. The second kappa shape index (κ2) is 5.65. The van der Waals surface area contributed by atoms with Crippen LogP contribution >= 0.6 is 0 Å². The Bertz CT molecular complexity index is 580. The highest BCUT2D eigenvalue weighted by Gasteiger charge is 2.63. The smallest absolute Gasteiger partial charge is 0.324 e. The summed E-state index contributed by atoms with van der Waals surface area (Å²) in [5.74, 6) is -0.824. The van der Waals surface area contributed by atoms with Crippen LogP contribution in [0, 0.1) is 0 Å². The lowest BCUT2D eigenvalue weighted by molar-refractivity contribution is -0.154. The van der Waals surface area contributed by atoms with Crippen molar-refractivity contribution in [2.75, 3.05) is 6.61 Å². The lowest BCUT2D eigenvalue weighted by Crippen LogP contribution is -2.56. The molecule has 4 atom stereocenters. The summed E-state index contributed by atoms with van der Waals surface area (Å²) >= 11 is 0. The van der Waals surface area contributed by atoms with Crippen molar-refractivity contribution in [2.45, 2.75) is 30.6 Å². The molecule has 2 aliphatic heterocycles. The minimum absolute atomic E-state index is 0.0297. The fraction of sp³-hybridized carbons (Fsp3) is 0.429. The molecule has 0 saturated carbocycles. The van der Waals surface area contributed by atoms with Gasteiger partial charge in [-0.05, 0) is 5.56 Å². The van der Waals surface area contributed by atoms with Crippen LogP contribution in [0.2, 0.25) is 0 Å². The Kier molecular flexibility index (Phi) is 3.83. The number of amides is 3. The van der Waals surface area contributed by atoms with Crippen molar-refractivity contribution < 1.29 is 29.3 Å². The summed E-state index contributed by atoms with van der Waals surface area (Å²) in [5, 5.41) is 24.2. The fourth-order valence-corrected chi connectivity index (χ4v) is 2.57. The molecule has 1 spiro atoms. The summed E-state index contributed by atoms with van der Waals surface area (Å²) < 4.78 is 10.8. The van der Waals surface area contributed by atoms with Crippen molar-refractivity contribution in [1.82, 2.24) is 10.6 Å². The SMILES string of the molecule is O=C1NC(=O)[C@@]2(N1)O[C@H](COCc1ccccc1)C(O)C2O. The second-order valence-corrected chi connectivity index (χ2v) is 5.24. The van der Waals surface area contributed by atoms with Crippen molar-refractivity contribution in [3.63, 3.8) is 0 Å². The molecule has 2 aliphatic rings. The number of aliphatic hydroxyl groups excluding tert-OH is 2. The molecular weight excluding hydrogens is 292 g/mol. The molecule has 22 heavy (non-hydrogen) atoms. The van der Waals surface area contributed by atoms with Crippen LogP contribution in [-0.2, 0) is 20.9 Å². The fourth-order valence-electron chi connectivity index (χ4n) is 2.57. The number of aliphatic hydroxyl groups is 2. The van der Waals surface area contributed by atoms with Crippen LogP contribution in [0.15, 0.2) is 30.3 Å². The van der Waals surface area contributed by atoms with Crippen LogP contribution in [0.3, 0.4) is 0 Å². The lowest BCUT2D eigenvalue weighted by Gasteiger charge is -2.23. The number of carbonyl (C=O) groups is 2. The van der Waals surface area contributed by atoms with Gasteiger partial charge in [0.15, 0.2) is 0 Å². The van der Waals surface area contributed by atoms with Crippen molar-refractivity contribution in [3.05, 3.63) is 35.9 Å². The zero-order valence-electron chi connectivity index (χ0n) is 11.6. The van der Waals surface area contributed by atoms with Crippen LogP contribution in [0.4, 0.5) is 4.79 Å². The number of hydrogen-bond acceptors (Lipinski definition) is 6. The number of ether oxygens (including phenoxy) is 2. The van der Waals surface area contributed by atoms with Gasteiger partial charge < -0.3 is 19.7 Å². The van der Waals surface area contributed by atoms with E-state index in [-0.39, 0.29) is 6.61 Å². The molecule has 0 radical (unpaired) electrons. The molecule has 1 aromatic rings. The van der Waals surface area contributed by atoms with Gasteiger partial charge in [-0.15, -0.1) is 0 Å². The maximum Gasteiger partial charge on any atom is 0.324 e. The van der Waals surface area contributed by atoms with Gasteiger partial charge >= 0.3 is 6.03 Å². The molecule has 4 N–H and O–H groups in total. The maximum atomic E-state index is 11.8. The van der Waals surface area contributed by atoms with Crippen molar-refractivity contribution in [3.8, 4) is 0 Å². The molecular formula is C14H16N2O6. The Labute approximate surface area is 126 Å². The van der Waals surface area contributed by atoms with Crippen LogP contribution < -0.4 is 10.6 Å². The zero-order valence-corrected chi connectivity index (χ0v) is 11.6. The average molecular weight is 308 g/mol. The van der Waals surface area contributed by atoms with Crippen molar-refractivity contribution in [1.29, 1.82) is 0 Å². The van der Waals surface area contributed by atoms with E-state index >= 15 is 0 Å². The molecule has 0 aromatic heterocycles. The van der Waals surface area contributed by atoms with Gasteiger partial charge in [0, 0.05) is 0 Å². The number of imide groups is 1. The standard InChI is InChI=1S/C14H16N2O6/c17-10-9(7-21-6-8-4-2-1-3-5-8)22-14(11(10)18)12(19)15-13(20)16-14/h1-5,9-11,17-18H,6-7H2,(H2,15,16,19,20)/t9-,10?,11?,14+/m1/s1. The normalized spacial score (nSPS) is 34.0. The summed E-state index contributed by atoms with van der Waals surface area (Å²) in [6, 6.07) is 8.62. The van der Waals surface area contributed by atoms with E-state index in [1.165, 1.54) is 0 Å². The van der Waals surface area contributed by atoms with Gasteiger partial charge in [-0.25, -0.2) is 4.79 Å². The largest absolute Gasteiger partial charge is 0.387 e. The number of hydrogen-bond donors (Lipinski definition) is 4. The third-order valence-electron chi connectivity index (χ3n) is 3.72. The molecule has 8 heteroatoms. The number of rotatable bonds is 4. The van der Waals surface area contributed by atoms with Gasteiger partial charge in [0.1, 0.15) is 18.3 Å². The van der Waals surface area contributed by atoms with Crippen LogP contribution in [0.5, 0.6) is 0 Å². The maximum absolute atomic E-state index is 11.8. The van der Waals surface area contributed by atoms with E-state index < -0.39 is 36.0 Å². The van der Waals surface area contributed by atoms with Crippen LogP contribution in [0.25, 0.3) is 0 Å². The number of nitrogens with one attached hydrogen (secondary N) is 2. The van der Waals surface area contributed by atoms with Crippen LogP contribution in [0.1, 0.15) is 5.56 Å². The van der Waals surface area contributed by atoms with E-state index in [0.717, 1.165) is 5.56 Å². The molecule has 0 aliphatic carbocycles. The summed E-state index contributed by atoms with van der Waals surface area (Å²) in [6.07, 6.45) is -3.84. The summed E-state index contributed by atoms with van der Waals surface area (Å²) in [6.45, 7) is 0.271. The van der Waals surface area contributed by atoms with Gasteiger partial charge in [0.25, 0.3) is 11.6 Å². The molecule has 118 valence electrons. The van der Waals surface area contributed by atoms with Gasteiger partial charge in [0.2, 0.25) is 0 Å². The highest BCUT2D eigenvalue weighted by molar-refractivity contribution is 6.06. The first-order valence-corrected chi connectivity index (χ1v) is 6.82. The lowest BCUT2D eigenvalue weighted by atomic mass is 10.0. The van der Waals surface area contributed by atoms with E-state index in [4.69, 9.17) is 9.47 Å². The predicted octanol–water partition coefficient (Wildman–Crippen LogP) is -1.14. The highest BCUT2D eigenvalue weighted by Crippen LogP contribution is 2.32. The topological polar surface area (TPSA) is 117 Å². The first-order chi connectivity index (χ1) is 10.5. The molecule has 2 saturated heterocycles. The van der Waals surface area contributed by atoms with E-state index in [1.807, 2.05) is 35.6 Å². The number of benzene rings is 1. The van der Waals surface area contributed by atoms with Crippen molar-refractivity contribution >= 4 is 11.9 Å². The molecule has 3 rings (SSSR count). The predicted molar refractivity (Wildman–Crippen MR) is 72.4 cm³/mol. The molecule has 2 unspecified atom stereocenters. The van der Waals surface area contributed by atoms with Crippen LogP contribution in [-0.4, -0.2) is 52.8 Å². The molecule has 8 nitrogen and oxygen atoms in total. The molecule has 0 bridgehead atoms. The Morgan fingerprint density at radius 3 is 2.59 bits per heavy atom. The third-order valence-corrected chi connectivity index (χ3v) is 3.72. The Morgan fingerprint density at radius 2 is 1.95 bits per heavy atom. The Balaban J connectivity index is 1.61. The molecule has 3 amide bonds. The van der Waals surface area contributed by atoms with Gasteiger partial charge in [-0.3, -0.25) is 15.4 Å². The highest BCUT2D eigenvalue weighted by atomic mass is 16.6. The summed E-state index contributed by atoms with van der Waals surface area (Å²) in [5.41, 5.74) is -1.01. The Hall–Kier alpha value is -2.00. The van der Waals surface area contributed by atoms with Gasteiger partial charge in [-0.2, -0.15) is 0 Å². The third kappa shape index (κ3) is 2.46. The zero-order chi connectivity index (χ0) is 15.7. The second-order valence-electron chi connectivity index (χ2n) is 5.24. The molecule has 2 heterocycles. The molecule has 1 aromatic carbocycles. The van der Waals surface area contributed by atoms with E-state index in [9.17, 15) is 19.8 Å². The van der Waals surface area contributed by atoms with E-state index in [1.54, 1.807) is 0 Å². The quantitative estimate of drug-likeness (QED) is 0.522.